The maximum absolute atomic E-state index is 12.9. The number of carbonyl (C=O) groups excluding carboxylic acids is 1. The molecule has 2 heterocycles. The third-order valence-electron chi connectivity index (χ3n) is 6.04. The Morgan fingerprint density at radius 3 is 2.58 bits per heavy atom. The lowest BCUT2D eigenvalue weighted by Crippen LogP contribution is -2.45. The average Bonchev–Trinajstić information content (AvgIpc) is 3.30. The van der Waals surface area contributed by atoms with E-state index in [1.165, 1.54) is 12.3 Å². The van der Waals surface area contributed by atoms with Crippen molar-refractivity contribution in [2.75, 3.05) is 6.54 Å². The molecule has 2 atom stereocenters. The van der Waals surface area contributed by atoms with Crippen LogP contribution in [0.5, 0.6) is 5.75 Å². The molecule has 3 aromatic rings. The Morgan fingerprint density at radius 1 is 1.19 bits per heavy atom. The Kier molecular flexibility index (Phi) is 8.75. The molecule has 196 valence electrons. The quantitative estimate of drug-likeness (QED) is 0.304. The summed E-state index contributed by atoms with van der Waals surface area (Å²) in [6, 6.07) is 7.30. The fourth-order valence-corrected chi connectivity index (χ4v) is 4.07. The summed E-state index contributed by atoms with van der Waals surface area (Å²) in [4.78, 5) is 18.5. The van der Waals surface area contributed by atoms with Gasteiger partial charge in [-0.25, -0.2) is 9.78 Å². The summed E-state index contributed by atoms with van der Waals surface area (Å²) in [5.74, 6) is -0.0648. The minimum absolute atomic E-state index is 0.0648. The molecule has 0 spiro atoms. The number of alkyl halides is 5. The van der Waals surface area contributed by atoms with Crippen LogP contribution < -0.4 is 10.1 Å². The molecule has 0 radical (unpaired) electrons. The SMILES string of the molecule is CC[C@H](CCC(F)(F)F)NC(=O)N(CC)[C@H](C)c1cccc(-c2cc(OC(F)F)c3nccn3c2)c1. The van der Waals surface area contributed by atoms with E-state index in [2.05, 4.69) is 15.0 Å². The van der Waals surface area contributed by atoms with Crippen molar-refractivity contribution in [2.24, 2.45) is 0 Å². The van der Waals surface area contributed by atoms with E-state index in [9.17, 15) is 26.7 Å². The van der Waals surface area contributed by atoms with Crippen LogP contribution in [0.3, 0.4) is 0 Å². The van der Waals surface area contributed by atoms with Crippen molar-refractivity contribution < 1.29 is 31.5 Å². The first kappa shape index (κ1) is 27.2. The van der Waals surface area contributed by atoms with E-state index >= 15 is 0 Å². The molecule has 0 aliphatic carbocycles. The molecule has 36 heavy (non-hydrogen) atoms. The molecular formula is C25H29F5N4O2. The summed E-state index contributed by atoms with van der Waals surface area (Å²) in [6.07, 6.45) is -0.219. The van der Waals surface area contributed by atoms with E-state index in [1.807, 2.05) is 19.1 Å². The number of hydrogen-bond donors (Lipinski definition) is 1. The molecule has 0 saturated carbocycles. The number of fused-ring (bicyclic) bond motifs is 1. The zero-order valence-electron chi connectivity index (χ0n) is 20.2. The van der Waals surface area contributed by atoms with Crippen molar-refractivity contribution in [2.45, 2.75) is 64.9 Å². The fourth-order valence-electron chi connectivity index (χ4n) is 4.07. The predicted octanol–water partition coefficient (Wildman–Crippen LogP) is 6.82. The van der Waals surface area contributed by atoms with Crippen LogP contribution in [-0.4, -0.2) is 45.7 Å². The fraction of sp³-hybridized carbons (Fsp3) is 0.440. The monoisotopic (exact) mass is 512 g/mol. The highest BCUT2D eigenvalue weighted by Crippen LogP contribution is 2.31. The van der Waals surface area contributed by atoms with Crippen molar-refractivity contribution in [1.29, 1.82) is 0 Å². The number of aromatic nitrogens is 2. The highest BCUT2D eigenvalue weighted by Gasteiger charge is 2.29. The van der Waals surface area contributed by atoms with Gasteiger partial charge in [-0.3, -0.25) is 0 Å². The van der Waals surface area contributed by atoms with Gasteiger partial charge in [0.2, 0.25) is 0 Å². The normalized spacial score (nSPS) is 13.6. The number of urea groups is 1. The van der Waals surface area contributed by atoms with Crippen molar-refractivity contribution in [3.8, 4) is 16.9 Å². The van der Waals surface area contributed by atoms with Gasteiger partial charge < -0.3 is 19.4 Å². The predicted molar refractivity (Wildman–Crippen MR) is 126 cm³/mol. The van der Waals surface area contributed by atoms with Gasteiger partial charge in [0.1, 0.15) is 0 Å². The largest absolute Gasteiger partial charge is 0.431 e. The Bertz CT molecular complexity index is 1160. The molecule has 2 amide bonds. The number of nitrogens with zero attached hydrogens (tertiary/aromatic N) is 3. The number of rotatable bonds is 10. The minimum atomic E-state index is -4.28. The zero-order chi connectivity index (χ0) is 26.5. The van der Waals surface area contributed by atoms with Crippen molar-refractivity contribution in [1.82, 2.24) is 19.6 Å². The van der Waals surface area contributed by atoms with Crippen LogP contribution in [0.1, 0.15) is 51.6 Å². The van der Waals surface area contributed by atoms with Crippen LogP contribution in [0.2, 0.25) is 0 Å². The second-order valence-corrected chi connectivity index (χ2v) is 8.43. The van der Waals surface area contributed by atoms with E-state index in [0.29, 0.717) is 24.1 Å². The number of pyridine rings is 1. The van der Waals surface area contributed by atoms with Gasteiger partial charge in [0, 0.05) is 43.2 Å². The molecule has 0 aliphatic rings. The van der Waals surface area contributed by atoms with Crippen molar-refractivity contribution in [3.05, 3.63) is 54.5 Å². The minimum Gasteiger partial charge on any atom is -0.431 e. The van der Waals surface area contributed by atoms with Gasteiger partial charge in [-0.05, 0) is 49.9 Å². The maximum Gasteiger partial charge on any atom is 0.389 e. The van der Waals surface area contributed by atoms with E-state index < -0.39 is 37.3 Å². The number of imidazole rings is 1. The molecule has 3 rings (SSSR count). The molecule has 6 nitrogen and oxygen atoms in total. The molecule has 2 aromatic heterocycles. The van der Waals surface area contributed by atoms with Gasteiger partial charge in [-0.2, -0.15) is 22.0 Å². The topological polar surface area (TPSA) is 58.9 Å². The summed E-state index contributed by atoms with van der Waals surface area (Å²) in [7, 11) is 0. The lowest BCUT2D eigenvalue weighted by molar-refractivity contribution is -0.136. The van der Waals surface area contributed by atoms with Gasteiger partial charge in [-0.15, -0.1) is 0 Å². The van der Waals surface area contributed by atoms with Crippen LogP contribution in [0.15, 0.2) is 48.9 Å². The number of ether oxygens (including phenoxy) is 1. The van der Waals surface area contributed by atoms with Crippen LogP contribution in [0.25, 0.3) is 16.8 Å². The lowest BCUT2D eigenvalue weighted by atomic mass is 10.00. The van der Waals surface area contributed by atoms with Crippen LogP contribution in [-0.2, 0) is 0 Å². The summed E-state index contributed by atoms with van der Waals surface area (Å²) in [6.45, 7) is 2.67. The van der Waals surface area contributed by atoms with Gasteiger partial charge in [-0.1, -0.05) is 25.1 Å². The molecule has 0 unspecified atom stereocenters. The second kappa shape index (κ2) is 11.6. The summed E-state index contributed by atoms with van der Waals surface area (Å²) in [5.41, 5.74) is 2.35. The Labute approximate surface area is 206 Å². The first-order valence-electron chi connectivity index (χ1n) is 11.7. The third kappa shape index (κ3) is 6.86. The summed E-state index contributed by atoms with van der Waals surface area (Å²) < 4.78 is 70.0. The smallest absolute Gasteiger partial charge is 0.389 e. The second-order valence-electron chi connectivity index (χ2n) is 8.43. The molecule has 1 N–H and O–H groups in total. The highest BCUT2D eigenvalue weighted by atomic mass is 19.4. The number of carbonyl (C=O) groups is 1. The van der Waals surface area contributed by atoms with Crippen LogP contribution >= 0.6 is 0 Å². The molecule has 0 aliphatic heterocycles. The number of nitrogens with one attached hydrogen (secondary N) is 1. The number of amides is 2. The Morgan fingerprint density at radius 2 is 1.94 bits per heavy atom. The van der Waals surface area contributed by atoms with E-state index in [4.69, 9.17) is 0 Å². The van der Waals surface area contributed by atoms with E-state index in [-0.39, 0.29) is 17.8 Å². The summed E-state index contributed by atoms with van der Waals surface area (Å²) in [5, 5.41) is 2.72. The van der Waals surface area contributed by atoms with Gasteiger partial charge >= 0.3 is 18.8 Å². The van der Waals surface area contributed by atoms with E-state index in [0.717, 1.165) is 5.56 Å². The Hall–Kier alpha value is -3.37. The Balaban J connectivity index is 1.82. The molecular weight excluding hydrogens is 483 g/mol. The highest BCUT2D eigenvalue weighted by molar-refractivity contribution is 5.75. The van der Waals surface area contributed by atoms with Crippen LogP contribution in [0, 0.1) is 0 Å². The van der Waals surface area contributed by atoms with Gasteiger partial charge in [0.05, 0.1) is 6.04 Å². The standard InChI is InChI=1S/C25H29F5N4O2/c1-4-20(9-10-25(28,29)30)32-24(35)34(5-2)16(3)17-7-6-8-18(13-17)19-14-21(36-23(26)27)22-31-11-12-33(22)15-19/h6-8,11-16,20,23H,4-5,9-10H2,1-3H3,(H,32,35)/t16-,20-/m1/s1. The lowest BCUT2D eigenvalue weighted by Gasteiger charge is -2.31. The molecule has 11 heteroatoms. The molecule has 0 fully saturated rings. The average molecular weight is 513 g/mol. The third-order valence-corrected chi connectivity index (χ3v) is 6.04. The molecule has 1 aromatic carbocycles. The zero-order valence-corrected chi connectivity index (χ0v) is 20.2. The first-order valence-corrected chi connectivity index (χ1v) is 11.7. The number of hydrogen-bond acceptors (Lipinski definition) is 3. The van der Waals surface area contributed by atoms with Crippen LogP contribution in [0.4, 0.5) is 26.7 Å². The molecule has 0 saturated heterocycles. The number of halogens is 5. The van der Waals surface area contributed by atoms with Crippen molar-refractivity contribution >= 4 is 11.7 Å². The van der Waals surface area contributed by atoms with E-state index in [1.54, 1.807) is 47.7 Å². The number of benzene rings is 1. The summed E-state index contributed by atoms with van der Waals surface area (Å²) >= 11 is 0. The maximum atomic E-state index is 12.9. The first-order chi connectivity index (χ1) is 17.0. The van der Waals surface area contributed by atoms with Gasteiger partial charge in [0.25, 0.3) is 0 Å². The molecule has 0 bridgehead atoms. The van der Waals surface area contributed by atoms with Crippen molar-refractivity contribution in [3.63, 3.8) is 0 Å². The van der Waals surface area contributed by atoms with Gasteiger partial charge in [0.15, 0.2) is 11.4 Å².